The quantitative estimate of drug-likeness (QED) is 0.889. The molecule has 0 aromatic carbocycles. The zero-order valence-electron chi connectivity index (χ0n) is 12.8. The first-order chi connectivity index (χ1) is 9.56. The van der Waals surface area contributed by atoms with Crippen molar-refractivity contribution in [3.8, 4) is 0 Å². The molecule has 2 rings (SSSR count). The first-order valence-electron chi connectivity index (χ1n) is 7.58. The average Bonchev–Trinajstić information content (AvgIpc) is 2.85. The van der Waals surface area contributed by atoms with E-state index in [2.05, 4.69) is 22.2 Å². The summed E-state index contributed by atoms with van der Waals surface area (Å²) in [5.74, 6) is 1.46. The molecule has 1 fully saturated rings. The first kappa shape index (κ1) is 14.9. The van der Waals surface area contributed by atoms with Crippen LogP contribution in [0.1, 0.15) is 50.5 Å². The van der Waals surface area contributed by atoms with Gasteiger partial charge in [0.25, 0.3) is 0 Å². The fourth-order valence-corrected chi connectivity index (χ4v) is 2.90. The summed E-state index contributed by atoms with van der Waals surface area (Å²) in [4.78, 5) is 21.2. The molecule has 1 aromatic rings. The third-order valence-corrected chi connectivity index (χ3v) is 4.20. The second-order valence-corrected chi connectivity index (χ2v) is 6.01. The lowest BCUT2D eigenvalue weighted by atomic mass is 9.84. The van der Waals surface area contributed by atoms with Crippen molar-refractivity contribution in [1.82, 2.24) is 20.2 Å². The molecule has 0 bridgehead atoms. The summed E-state index contributed by atoms with van der Waals surface area (Å²) in [7, 11) is 1.81. The van der Waals surface area contributed by atoms with E-state index in [1.54, 1.807) is 18.1 Å². The van der Waals surface area contributed by atoms with Gasteiger partial charge >= 0.3 is 6.03 Å². The zero-order chi connectivity index (χ0) is 14.5. The van der Waals surface area contributed by atoms with Crippen molar-refractivity contribution in [1.29, 1.82) is 0 Å². The van der Waals surface area contributed by atoms with Crippen LogP contribution in [0.5, 0.6) is 0 Å². The molecule has 5 heteroatoms. The van der Waals surface area contributed by atoms with Gasteiger partial charge in [-0.2, -0.15) is 0 Å². The highest BCUT2D eigenvalue weighted by Crippen LogP contribution is 2.26. The summed E-state index contributed by atoms with van der Waals surface area (Å²) in [5.41, 5.74) is 1.02. The van der Waals surface area contributed by atoms with Crippen LogP contribution in [0, 0.1) is 12.8 Å². The standard InChI is InChI=1S/C15H26N4O/c1-11-9-16-14(17-11)10-19(3)15(20)18-12(2)13-7-5-4-6-8-13/h9,12-13H,4-8,10H2,1-3H3,(H,16,17)(H,18,20). The highest BCUT2D eigenvalue weighted by atomic mass is 16.2. The monoisotopic (exact) mass is 278 g/mol. The third-order valence-electron chi connectivity index (χ3n) is 4.20. The summed E-state index contributed by atoms with van der Waals surface area (Å²) in [5, 5.41) is 3.12. The van der Waals surface area contributed by atoms with E-state index in [1.165, 1.54) is 32.1 Å². The molecule has 0 saturated heterocycles. The molecule has 1 heterocycles. The molecule has 2 amide bonds. The van der Waals surface area contributed by atoms with E-state index >= 15 is 0 Å². The van der Waals surface area contributed by atoms with E-state index in [4.69, 9.17) is 0 Å². The number of aromatic amines is 1. The minimum absolute atomic E-state index is 0.0165. The number of H-pyrrole nitrogens is 1. The molecule has 112 valence electrons. The predicted octanol–water partition coefficient (Wildman–Crippen LogP) is 2.83. The summed E-state index contributed by atoms with van der Waals surface area (Å²) in [6, 6.07) is 0.237. The van der Waals surface area contributed by atoms with Crippen molar-refractivity contribution in [2.24, 2.45) is 5.92 Å². The maximum absolute atomic E-state index is 12.2. The Hall–Kier alpha value is -1.52. The van der Waals surface area contributed by atoms with Crippen LogP contribution in [0.15, 0.2) is 6.20 Å². The number of urea groups is 1. The van der Waals surface area contributed by atoms with E-state index in [-0.39, 0.29) is 12.1 Å². The van der Waals surface area contributed by atoms with Crippen LogP contribution < -0.4 is 5.32 Å². The maximum Gasteiger partial charge on any atom is 0.317 e. The maximum atomic E-state index is 12.2. The van der Waals surface area contributed by atoms with Gasteiger partial charge in [0.2, 0.25) is 0 Å². The number of nitrogens with zero attached hydrogens (tertiary/aromatic N) is 2. The third kappa shape index (κ3) is 3.99. The van der Waals surface area contributed by atoms with Gasteiger partial charge in [0, 0.05) is 25.0 Å². The zero-order valence-corrected chi connectivity index (χ0v) is 12.8. The Morgan fingerprint density at radius 3 is 2.80 bits per heavy atom. The first-order valence-corrected chi connectivity index (χ1v) is 7.58. The van der Waals surface area contributed by atoms with Crippen molar-refractivity contribution in [2.45, 2.75) is 58.5 Å². The van der Waals surface area contributed by atoms with Gasteiger partial charge in [-0.25, -0.2) is 9.78 Å². The van der Waals surface area contributed by atoms with Crippen LogP contribution >= 0.6 is 0 Å². The molecule has 0 spiro atoms. The van der Waals surface area contributed by atoms with Gasteiger partial charge in [-0.1, -0.05) is 19.3 Å². The Balaban J connectivity index is 1.80. The number of rotatable bonds is 4. The van der Waals surface area contributed by atoms with Crippen molar-refractivity contribution in [3.05, 3.63) is 17.7 Å². The average molecular weight is 278 g/mol. The molecule has 5 nitrogen and oxygen atoms in total. The van der Waals surface area contributed by atoms with E-state index in [9.17, 15) is 4.79 Å². The molecule has 1 aromatic heterocycles. The Morgan fingerprint density at radius 1 is 1.50 bits per heavy atom. The normalized spacial score (nSPS) is 17.8. The summed E-state index contributed by atoms with van der Waals surface area (Å²) in [6.45, 7) is 4.59. The SMILES string of the molecule is Cc1cnc(CN(C)C(=O)NC(C)C2CCCCC2)[nH]1. The van der Waals surface area contributed by atoms with Gasteiger partial charge in [-0.15, -0.1) is 0 Å². The molecular weight excluding hydrogens is 252 g/mol. The number of carbonyl (C=O) groups excluding carboxylic acids is 1. The van der Waals surface area contributed by atoms with E-state index in [0.717, 1.165) is 11.5 Å². The molecule has 1 aliphatic carbocycles. The van der Waals surface area contributed by atoms with Gasteiger partial charge in [0.15, 0.2) is 0 Å². The number of carbonyl (C=O) groups is 1. The summed E-state index contributed by atoms with van der Waals surface area (Å²) < 4.78 is 0. The number of hydrogen-bond acceptors (Lipinski definition) is 2. The lowest BCUT2D eigenvalue weighted by Gasteiger charge is -2.29. The highest BCUT2D eigenvalue weighted by molar-refractivity contribution is 5.74. The Bertz CT molecular complexity index is 437. The van der Waals surface area contributed by atoms with Crippen molar-refractivity contribution in [2.75, 3.05) is 7.05 Å². The molecule has 2 N–H and O–H groups in total. The lowest BCUT2D eigenvalue weighted by molar-refractivity contribution is 0.192. The minimum atomic E-state index is -0.0165. The van der Waals surface area contributed by atoms with E-state index < -0.39 is 0 Å². The summed E-state index contributed by atoms with van der Waals surface area (Å²) >= 11 is 0. The molecule has 0 aliphatic heterocycles. The molecule has 1 saturated carbocycles. The van der Waals surface area contributed by atoms with Gasteiger partial charge < -0.3 is 15.2 Å². The largest absolute Gasteiger partial charge is 0.345 e. The second-order valence-electron chi connectivity index (χ2n) is 6.01. The predicted molar refractivity (Wildman–Crippen MR) is 79.4 cm³/mol. The summed E-state index contributed by atoms with van der Waals surface area (Å²) in [6.07, 6.45) is 8.20. The van der Waals surface area contributed by atoms with Crippen molar-refractivity contribution >= 4 is 6.03 Å². The number of aromatic nitrogens is 2. The van der Waals surface area contributed by atoms with E-state index in [0.29, 0.717) is 12.5 Å². The number of imidazole rings is 1. The highest BCUT2D eigenvalue weighted by Gasteiger charge is 2.22. The molecule has 1 unspecified atom stereocenters. The van der Waals surface area contributed by atoms with Gasteiger partial charge in [-0.3, -0.25) is 0 Å². The topological polar surface area (TPSA) is 61.0 Å². The Morgan fingerprint density at radius 2 is 2.20 bits per heavy atom. The van der Waals surface area contributed by atoms with Crippen LogP contribution in [0.25, 0.3) is 0 Å². The fraction of sp³-hybridized carbons (Fsp3) is 0.733. The van der Waals surface area contributed by atoms with Crippen LogP contribution in [-0.2, 0) is 6.54 Å². The molecule has 20 heavy (non-hydrogen) atoms. The van der Waals surface area contributed by atoms with Gasteiger partial charge in [0.1, 0.15) is 5.82 Å². The Kier molecular flexibility index (Phi) is 5.04. The molecular formula is C15H26N4O. The van der Waals surface area contributed by atoms with Crippen LogP contribution in [-0.4, -0.2) is 34.0 Å². The number of hydrogen-bond donors (Lipinski definition) is 2. The van der Waals surface area contributed by atoms with Crippen molar-refractivity contribution < 1.29 is 4.79 Å². The van der Waals surface area contributed by atoms with Crippen molar-refractivity contribution in [3.63, 3.8) is 0 Å². The molecule has 1 aliphatic rings. The van der Waals surface area contributed by atoms with Crippen LogP contribution in [0.3, 0.4) is 0 Å². The van der Waals surface area contributed by atoms with Crippen LogP contribution in [0.4, 0.5) is 4.79 Å². The Labute approximate surface area is 121 Å². The number of aryl methyl sites for hydroxylation is 1. The van der Waals surface area contributed by atoms with Gasteiger partial charge in [0.05, 0.1) is 6.54 Å². The van der Waals surface area contributed by atoms with E-state index in [1.807, 2.05) is 6.92 Å². The van der Waals surface area contributed by atoms with Crippen LogP contribution in [0.2, 0.25) is 0 Å². The second kappa shape index (κ2) is 6.77. The number of amides is 2. The molecule has 0 radical (unpaired) electrons. The number of nitrogens with one attached hydrogen (secondary N) is 2. The molecule has 1 atom stereocenters. The minimum Gasteiger partial charge on any atom is -0.345 e. The fourth-order valence-electron chi connectivity index (χ4n) is 2.90. The lowest BCUT2D eigenvalue weighted by Crippen LogP contribution is -2.45. The smallest absolute Gasteiger partial charge is 0.317 e. The van der Waals surface area contributed by atoms with Gasteiger partial charge in [-0.05, 0) is 32.6 Å².